The van der Waals surface area contributed by atoms with Crippen LogP contribution in [0.3, 0.4) is 0 Å². The van der Waals surface area contributed by atoms with Crippen LogP contribution in [0.25, 0.3) is 0 Å². The van der Waals surface area contributed by atoms with Crippen LogP contribution >= 0.6 is 0 Å². The molecule has 0 unspecified atom stereocenters. The van der Waals surface area contributed by atoms with Gasteiger partial charge in [-0.1, -0.05) is 0 Å². The second kappa shape index (κ2) is 3.51. The largest absolute Gasteiger partial charge is 0.504 e. The Kier molecular flexibility index (Phi) is 2.58. The number of ether oxygens (including phenoxy) is 2. The predicted octanol–water partition coefficient (Wildman–Crippen LogP) is 1.33. The summed E-state index contributed by atoms with van der Waals surface area (Å²) in [5, 5.41) is 0. The molecular formula is C7H12O2. The molecule has 1 fully saturated rings. The average molecular weight is 128 g/mol. The Bertz CT molecular complexity index is 99.5. The molecule has 2 heteroatoms. The van der Waals surface area contributed by atoms with Gasteiger partial charge in [-0.05, 0) is 18.4 Å². The van der Waals surface area contributed by atoms with E-state index in [1.54, 1.807) is 7.11 Å². The lowest BCUT2D eigenvalue weighted by Gasteiger charge is -2.13. The maximum absolute atomic E-state index is 5.15. The van der Waals surface area contributed by atoms with Crippen LogP contribution in [0.4, 0.5) is 0 Å². The number of methoxy groups -OCH3 is 1. The van der Waals surface area contributed by atoms with Crippen molar-refractivity contribution in [2.75, 3.05) is 20.3 Å². The molecule has 1 aliphatic rings. The van der Waals surface area contributed by atoms with Gasteiger partial charge in [0.2, 0.25) is 0 Å². The zero-order chi connectivity index (χ0) is 6.53. The molecule has 0 atom stereocenters. The van der Waals surface area contributed by atoms with E-state index in [9.17, 15) is 0 Å². The number of hydrogen-bond donors (Lipinski definition) is 0. The zero-order valence-electron chi connectivity index (χ0n) is 5.72. The molecule has 9 heavy (non-hydrogen) atoms. The lowest BCUT2D eigenvalue weighted by molar-refractivity contribution is 0.116. The molecule has 0 spiro atoms. The van der Waals surface area contributed by atoms with Crippen LogP contribution in [0.2, 0.25) is 0 Å². The van der Waals surface area contributed by atoms with Gasteiger partial charge < -0.3 is 9.47 Å². The van der Waals surface area contributed by atoms with Crippen molar-refractivity contribution in [1.82, 2.24) is 0 Å². The summed E-state index contributed by atoms with van der Waals surface area (Å²) in [6, 6.07) is 0. The summed E-state index contributed by atoms with van der Waals surface area (Å²) < 4.78 is 10.0. The van der Waals surface area contributed by atoms with Crippen LogP contribution in [0.5, 0.6) is 0 Å². The first-order chi connectivity index (χ1) is 4.43. The minimum absolute atomic E-state index is 0.856. The summed E-state index contributed by atoms with van der Waals surface area (Å²) in [4.78, 5) is 0. The van der Waals surface area contributed by atoms with Gasteiger partial charge in [0, 0.05) is 0 Å². The summed E-state index contributed by atoms with van der Waals surface area (Å²) in [5.74, 6) is 0. The second-order valence-electron chi connectivity index (χ2n) is 2.12. The third-order valence-electron chi connectivity index (χ3n) is 1.42. The first-order valence-corrected chi connectivity index (χ1v) is 3.22. The molecule has 0 aromatic carbocycles. The highest BCUT2D eigenvalue weighted by atomic mass is 16.5. The summed E-state index contributed by atoms with van der Waals surface area (Å²) in [7, 11) is 1.68. The van der Waals surface area contributed by atoms with E-state index in [1.807, 2.05) is 6.26 Å². The number of rotatable bonds is 1. The highest BCUT2D eigenvalue weighted by molar-refractivity contribution is 4.99. The molecule has 0 radical (unpaired) electrons. The molecular weight excluding hydrogens is 116 g/mol. The minimum atomic E-state index is 0.856. The van der Waals surface area contributed by atoms with Crippen LogP contribution < -0.4 is 0 Å². The Morgan fingerprint density at radius 2 is 2.11 bits per heavy atom. The van der Waals surface area contributed by atoms with E-state index in [0.29, 0.717) is 0 Å². The summed E-state index contributed by atoms with van der Waals surface area (Å²) in [5.41, 5.74) is 1.36. The Hall–Kier alpha value is -0.500. The van der Waals surface area contributed by atoms with E-state index in [2.05, 4.69) is 0 Å². The van der Waals surface area contributed by atoms with E-state index < -0.39 is 0 Å². The summed E-state index contributed by atoms with van der Waals surface area (Å²) in [6.07, 6.45) is 3.89. The van der Waals surface area contributed by atoms with E-state index in [0.717, 1.165) is 26.1 Å². The van der Waals surface area contributed by atoms with Gasteiger partial charge in [-0.25, -0.2) is 0 Å². The quantitative estimate of drug-likeness (QED) is 0.496. The van der Waals surface area contributed by atoms with E-state index in [-0.39, 0.29) is 0 Å². The highest BCUT2D eigenvalue weighted by Gasteiger charge is 2.03. The molecule has 1 saturated heterocycles. The van der Waals surface area contributed by atoms with Gasteiger partial charge in [0.1, 0.15) is 0 Å². The van der Waals surface area contributed by atoms with Gasteiger partial charge >= 0.3 is 0 Å². The standard InChI is InChI=1S/C7H12O2/c1-8-6-7-2-4-9-5-3-7/h6H,2-5H2,1H3. The minimum Gasteiger partial charge on any atom is -0.504 e. The van der Waals surface area contributed by atoms with Crippen molar-refractivity contribution in [3.05, 3.63) is 11.8 Å². The fraction of sp³-hybridized carbons (Fsp3) is 0.714. The smallest absolute Gasteiger partial charge is 0.0818 e. The van der Waals surface area contributed by atoms with Gasteiger partial charge in [-0.3, -0.25) is 0 Å². The van der Waals surface area contributed by atoms with E-state index in [1.165, 1.54) is 5.57 Å². The van der Waals surface area contributed by atoms with Crippen molar-refractivity contribution >= 4 is 0 Å². The maximum Gasteiger partial charge on any atom is 0.0818 e. The Balaban J connectivity index is 2.30. The van der Waals surface area contributed by atoms with E-state index >= 15 is 0 Å². The van der Waals surface area contributed by atoms with Crippen molar-refractivity contribution in [3.8, 4) is 0 Å². The Labute approximate surface area is 55.5 Å². The normalized spacial score (nSPS) is 19.4. The van der Waals surface area contributed by atoms with E-state index in [4.69, 9.17) is 9.47 Å². The average Bonchev–Trinajstić information content (AvgIpc) is 1.91. The third kappa shape index (κ3) is 2.06. The van der Waals surface area contributed by atoms with Crippen molar-refractivity contribution in [2.45, 2.75) is 12.8 Å². The SMILES string of the molecule is COC=C1CCOCC1. The van der Waals surface area contributed by atoms with Crippen LogP contribution in [-0.4, -0.2) is 20.3 Å². The fourth-order valence-electron chi connectivity index (χ4n) is 0.918. The highest BCUT2D eigenvalue weighted by Crippen LogP contribution is 2.12. The first kappa shape index (κ1) is 6.62. The molecule has 1 aliphatic heterocycles. The molecule has 52 valence electrons. The lowest BCUT2D eigenvalue weighted by Crippen LogP contribution is -2.07. The molecule has 1 rings (SSSR count). The molecule has 0 N–H and O–H groups in total. The van der Waals surface area contributed by atoms with Gasteiger partial charge in [-0.15, -0.1) is 0 Å². The van der Waals surface area contributed by atoms with Crippen molar-refractivity contribution in [1.29, 1.82) is 0 Å². The lowest BCUT2D eigenvalue weighted by atomic mass is 10.1. The molecule has 0 amide bonds. The third-order valence-corrected chi connectivity index (χ3v) is 1.42. The predicted molar refractivity (Wildman–Crippen MR) is 35.1 cm³/mol. The first-order valence-electron chi connectivity index (χ1n) is 3.22. The van der Waals surface area contributed by atoms with Crippen molar-refractivity contribution < 1.29 is 9.47 Å². The topological polar surface area (TPSA) is 18.5 Å². The van der Waals surface area contributed by atoms with Gasteiger partial charge in [0.05, 0.1) is 26.6 Å². The summed E-state index contributed by atoms with van der Waals surface area (Å²) >= 11 is 0. The Morgan fingerprint density at radius 1 is 1.44 bits per heavy atom. The van der Waals surface area contributed by atoms with Gasteiger partial charge in [0.15, 0.2) is 0 Å². The van der Waals surface area contributed by atoms with Crippen LogP contribution in [0.15, 0.2) is 11.8 Å². The molecule has 0 aromatic rings. The molecule has 0 aromatic heterocycles. The summed E-state index contributed by atoms with van der Waals surface area (Å²) in [6.45, 7) is 1.71. The maximum atomic E-state index is 5.15. The van der Waals surface area contributed by atoms with Gasteiger partial charge in [-0.2, -0.15) is 0 Å². The molecule has 2 nitrogen and oxygen atoms in total. The van der Waals surface area contributed by atoms with Crippen LogP contribution in [0, 0.1) is 0 Å². The fourth-order valence-corrected chi connectivity index (χ4v) is 0.918. The monoisotopic (exact) mass is 128 g/mol. The number of hydrogen-bond acceptors (Lipinski definition) is 2. The Morgan fingerprint density at radius 3 is 2.67 bits per heavy atom. The van der Waals surface area contributed by atoms with Crippen LogP contribution in [0.1, 0.15) is 12.8 Å². The molecule has 0 bridgehead atoms. The van der Waals surface area contributed by atoms with Crippen LogP contribution in [-0.2, 0) is 9.47 Å². The van der Waals surface area contributed by atoms with Gasteiger partial charge in [0.25, 0.3) is 0 Å². The molecule has 1 heterocycles. The van der Waals surface area contributed by atoms with Crippen molar-refractivity contribution in [3.63, 3.8) is 0 Å². The van der Waals surface area contributed by atoms with Crippen molar-refractivity contribution in [2.24, 2.45) is 0 Å². The molecule has 0 saturated carbocycles. The second-order valence-corrected chi connectivity index (χ2v) is 2.12. The molecule has 0 aliphatic carbocycles. The zero-order valence-corrected chi connectivity index (χ0v) is 5.72.